The van der Waals surface area contributed by atoms with Crippen molar-refractivity contribution in [2.45, 2.75) is 13.3 Å². The summed E-state index contributed by atoms with van der Waals surface area (Å²) < 4.78 is 20.6. The van der Waals surface area contributed by atoms with Crippen LogP contribution in [0.5, 0.6) is 0 Å². The van der Waals surface area contributed by atoms with Crippen molar-refractivity contribution in [2.24, 2.45) is 5.10 Å². The van der Waals surface area contributed by atoms with Crippen LogP contribution in [0.15, 0.2) is 45.9 Å². The predicted molar refractivity (Wildman–Crippen MR) is 84.9 cm³/mol. The molecule has 0 fully saturated rings. The van der Waals surface area contributed by atoms with E-state index >= 15 is 0 Å². The molecule has 23 heavy (non-hydrogen) atoms. The highest BCUT2D eigenvalue weighted by atomic mass is 19.1. The third-order valence-corrected chi connectivity index (χ3v) is 3.21. The van der Waals surface area contributed by atoms with E-state index in [9.17, 15) is 4.39 Å². The first-order chi connectivity index (χ1) is 11.2. The Morgan fingerprint density at radius 1 is 1.30 bits per heavy atom. The number of aryl methyl sites for hydroxylation is 1. The lowest BCUT2D eigenvalue weighted by atomic mass is 10.1. The van der Waals surface area contributed by atoms with Crippen molar-refractivity contribution in [2.75, 3.05) is 11.3 Å². The van der Waals surface area contributed by atoms with Crippen LogP contribution in [-0.2, 0) is 6.42 Å². The lowest BCUT2D eigenvalue weighted by molar-refractivity contribution is 0.563. The number of nitrogens with two attached hydrogens (primary N) is 1. The zero-order chi connectivity index (χ0) is 16.2. The number of nitrogen functional groups attached to an aromatic ring is 1. The summed E-state index contributed by atoms with van der Waals surface area (Å²) in [7, 11) is 0. The van der Waals surface area contributed by atoms with Gasteiger partial charge in [0, 0.05) is 6.42 Å². The lowest BCUT2D eigenvalue weighted by Gasteiger charge is -2.00. The second-order valence-corrected chi connectivity index (χ2v) is 4.72. The van der Waals surface area contributed by atoms with E-state index in [2.05, 4.69) is 20.7 Å². The normalized spacial score (nSPS) is 11.2. The molecule has 0 saturated heterocycles. The van der Waals surface area contributed by atoms with Crippen molar-refractivity contribution < 1.29 is 8.81 Å². The number of benzene rings is 1. The first-order valence-electron chi connectivity index (χ1n) is 7.02. The minimum atomic E-state index is -0.341. The van der Waals surface area contributed by atoms with Crippen molar-refractivity contribution >= 4 is 12.2 Å². The summed E-state index contributed by atoms with van der Waals surface area (Å²) in [5.41, 5.74) is 3.07. The standard InChI is InChI=1S/C15H15FN6O/c1-2-14-19-21-15(22(14)17)20-18-9-10-7-8-13(23-10)11-5-3-4-6-12(11)16/h3-9H,2,17H2,1H3,(H,20,21)/b18-9-. The summed E-state index contributed by atoms with van der Waals surface area (Å²) in [4.78, 5) is 0. The second kappa shape index (κ2) is 6.30. The van der Waals surface area contributed by atoms with Gasteiger partial charge in [-0.05, 0) is 24.3 Å². The fourth-order valence-electron chi connectivity index (χ4n) is 2.02. The molecule has 3 rings (SSSR count). The lowest BCUT2D eigenvalue weighted by Crippen LogP contribution is -2.14. The second-order valence-electron chi connectivity index (χ2n) is 4.72. The Labute approximate surface area is 131 Å². The number of halogens is 1. The van der Waals surface area contributed by atoms with Gasteiger partial charge in [-0.2, -0.15) is 5.10 Å². The molecule has 0 atom stereocenters. The molecule has 0 unspecified atom stereocenters. The van der Waals surface area contributed by atoms with Gasteiger partial charge >= 0.3 is 0 Å². The molecule has 1 aromatic carbocycles. The largest absolute Gasteiger partial charge is 0.455 e. The number of aromatic nitrogens is 3. The van der Waals surface area contributed by atoms with Gasteiger partial charge in [-0.15, -0.1) is 10.2 Å². The van der Waals surface area contributed by atoms with E-state index in [1.807, 2.05) is 6.92 Å². The molecule has 0 aliphatic carbocycles. The fourth-order valence-corrected chi connectivity index (χ4v) is 2.02. The topological polar surface area (TPSA) is 94.3 Å². The summed E-state index contributed by atoms with van der Waals surface area (Å²) >= 11 is 0. The number of hydrogen-bond donors (Lipinski definition) is 2. The van der Waals surface area contributed by atoms with Gasteiger partial charge in [-0.3, -0.25) is 0 Å². The Hall–Kier alpha value is -3.16. The van der Waals surface area contributed by atoms with Crippen molar-refractivity contribution in [1.82, 2.24) is 14.9 Å². The van der Waals surface area contributed by atoms with Gasteiger partial charge < -0.3 is 10.3 Å². The summed E-state index contributed by atoms with van der Waals surface area (Å²) in [5, 5.41) is 11.7. The van der Waals surface area contributed by atoms with Gasteiger partial charge in [0.2, 0.25) is 0 Å². The van der Waals surface area contributed by atoms with Crippen LogP contribution in [0.4, 0.5) is 10.3 Å². The Morgan fingerprint density at radius 3 is 2.87 bits per heavy atom. The van der Waals surface area contributed by atoms with Gasteiger partial charge in [0.15, 0.2) is 5.82 Å². The number of hydrazone groups is 1. The van der Waals surface area contributed by atoms with Gasteiger partial charge in [0.1, 0.15) is 17.3 Å². The number of furan rings is 1. The maximum absolute atomic E-state index is 13.7. The van der Waals surface area contributed by atoms with Crippen LogP contribution in [0.3, 0.4) is 0 Å². The summed E-state index contributed by atoms with van der Waals surface area (Å²) in [6.07, 6.45) is 2.11. The number of nitrogens with zero attached hydrogens (tertiary/aromatic N) is 4. The third kappa shape index (κ3) is 3.05. The molecule has 0 spiro atoms. The molecule has 7 nitrogen and oxygen atoms in total. The maximum Gasteiger partial charge on any atom is 0.263 e. The molecule has 3 N–H and O–H groups in total. The Kier molecular flexibility index (Phi) is 4.05. The van der Waals surface area contributed by atoms with Crippen LogP contribution < -0.4 is 11.3 Å². The molecule has 0 saturated carbocycles. The quantitative estimate of drug-likeness (QED) is 0.428. The van der Waals surface area contributed by atoms with Gasteiger partial charge in [-0.25, -0.2) is 14.5 Å². The van der Waals surface area contributed by atoms with E-state index in [-0.39, 0.29) is 5.82 Å². The number of nitrogens with one attached hydrogen (secondary N) is 1. The molecule has 8 heteroatoms. The molecule has 3 aromatic rings. The van der Waals surface area contributed by atoms with E-state index < -0.39 is 0 Å². The highest BCUT2D eigenvalue weighted by molar-refractivity contribution is 5.78. The number of rotatable bonds is 5. The molecule has 2 aromatic heterocycles. The van der Waals surface area contributed by atoms with E-state index in [0.29, 0.717) is 35.3 Å². The first-order valence-corrected chi connectivity index (χ1v) is 7.02. The number of anilines is 1. The molecular formula is C15H15FN6O. The highest BCUT2D eigenvalue weighted by Gasteiger charge is 2.09. The van der Waals surface area contributed by atoms with Gasteiger partial charge in [0.05, 0.1) is 11.8 Å². The highest BCUT2D eigenvalue weighted by Crippen LogP contribution is 2.24. The Bertz CT molecular complexity index is 838. The van der Waals surface area contributed by atoms with Crippen LogP contribution in [0.25, 0.3) is 11.3 Å². The SMILES string of the molecule is CCc1nnc(N/N=C\c2ccc(-c3ccccc3F)o2)n1N. The van der Waals surface area contributed by atoms with Crippen molar-refractivity contribution in [3.63, 3.8) is 0 Å². The van der Waals surface area contributed by atoms with E-state index in [0.717, 1.165) is 0 Å². The molecule has 0 aliphatic rings. The van der Waals surface area contributed by atoms with Gasteiger partial charge in [-0.1, -0.05) is 19.1 Å². The predicted octanol–water partition coefficient (Wildman–Crippen LogP) is 2.40. The molecular weight excluding hydrogens is 299 g/mol. The summed E-state index contributed by atoms with van der Waals surface area (Å²) in [6.45, 7) is 1.92. The molecule has 118 valence electrons. The van der Waals surface area contributed by atoms with Crippen LogP contribution in [0.2, 0.25) is 0 Å². The maximum atomic E-state index is 13.7. The van der Waals surface area contributed by atoms with Crippen LogP contribution in [-0.4, -0.2) is 21.1 Å². The zero-order valence-corrected chi connectivity index (χ0v) is 12.4. The summed E-state index contributed by atoms with van der Waals surface area (Å²) in [5.74, 6) is 7.30. The van der Waals surface area contributed by atoms with Crippen LogP contribution in [0.1, 0.15) is 18.5 Å². The van der Waals surface area contributed by atoms with E-state index in [4.69, 9.17) is 10.3 Å². The smallest absolute Gasteiger partial charge is 0.263 e. The van der Waals surface area contributed by atoms with Gasteiger partial charge in [0.25, 0.3) is 5.95 Å². The average molecular weight is 314 g/mol. The van der Waals surface area contributed by atoms with Crippen molar-refractivity contribution in [3.8, 4) is 11.3 Å². The molecule has 2 heterocycles. The summed E-state index contributed by atoms with van der Waals surface area (Å²) in [6, 6.07) is 9.78. The minimum Gasteiger partial charge on any atom is -0.455 e. The molecule has 0 bridgehead atoms. The molecule has 0 amide bonds. The van der Waals surface area contributed by atoms with E-state index in [1.54, 1.807) is 30.3 Å². The number of hydrogen-bond acceptors (Lipinski definition) is 6. The Morgan fingerprint density at radius 2 is 2.13 bits per heavy atom. The van der Waals surface area contributed by atoms with Crippen molar-refractivity contribution in [3.05, 3.63) is 53.8 Å². The average Bonchev–Trinajstić information content (AvgIpc) is 3.15. The van der Waals surface area contributed by atoms with Crippen molar-refractivity contribution in [1.29, 1.82) is 0 Å². The van der Waals surface area contributed by atoms with Crippen LogP contribution >= 0.6 is 0 Å². The molecule has 0 radical (unpaired) electrons. The zero-order valence-electron chi connectivity index (χ0n) is 12.4. The fraction of sp³-hybridized carbons (Fsp3) is 0.133. The Balaban J connectivity index is 1.71. The monoisotopic (exact) mass is 314 g/mol. The third-order valence-electron chi connectivity index (χ3n) is 3.21. The van der Waals surface area contributed by atoms with Crippen LogP contribution in [0, 0.1) is 5.82 Å². The molecule has 0 aliphatic heterocycles. The first kappa shape index (κ1) is 14.8. The minimum absolute atomic E-state index is 0.319. The van der Waals surface area contributed by atoms with E-state index in [1.165, 1.54) is 17.0 Å².